The van der Waals surface area contributed by atoms with Crippen molar-refractivity contribution in [2.24, 2.45) is 0 Å². The third-order valence-corrected chi connectivity index (χ3v) is 0.748. The van der Waals surface area contributed by atoms with E-state index in [1.807, 2.05) is 0 Å². The second-order valence-electron chi connectivity index (χ2n) is 1.64. The van der Waals surface area contributed by atoms with Crippen LogP contribution in [0, 0.1) is 22.7 Å². The van der Waals surface area contributed by atoms with Crippen LogP contribution in [0.15, 0.2) is 24.8 Å². The van der Waals surface area contributed by atoms with Crippen molar-refractivity contribution in [3.8, 4) is 12.1 Å². The van der Waals surface area contributed by atoms with E-state index in [0.717, 1.165) is 0 Å². The SMILES string of the molecule is C=C(C#N)C(=O)OCC.C=CC#N. The molecule has 13 heavy (non-hydrogen) atoms. The van der Waals surface area contributed by atoms with Gasteiger partial charge in [0, 0.05) is 6.08 Å². The Morgan fingerprint density at radius 3 is 2.31 bits per heavy atom. The van der Waals surface area contributed by atoms with Crippen molar-refractivity contribution in [1.82, 2.24) is 0 Å². The van der Waals surface area contributed by atoms with E-state index < -0.39 is 5.97 Å². The van der Waals surface area contributed by atoms with Gasteiger partial charge in [-0.25, -0.2) is 4.79 Å². The Morgan fingerprint density at radius 2 is 2.08 bits per heavy atom. The number of ether oxygens (including phenoxy) is 1. The molecule has 0 atom stereocenters. The highest BCUT2D eigenvalue weighted by Crippen LogP contribution is 1.90. The first-order valence-corrected chi connectivity index (χ1v) is 3.40. The largest absolute Gasteiger partial charge is 0.462 e. The van der Waals surface area contributed by atoms with E-state index in [0.29, 0.717) is 0 Å². The van der Waals surface area contributed by atoms with Gasteiger partial charge < -0.3 is 4.74 Å². The molecule has 0 amide bonds. The molecule has 68 valence electrons. The van der Waals surface area contributed by atoms with Crippen molar-refractivity contribution in [3.05, 3.63) is 24.8 Å². The third-order valence-electron chi connectivity index (χ3n) is 0.748. The van der Waals surface area contributed by atoms with Crippen LogP contribution < -0.4 is 0 Å². The van der Waals surface area contributed by atoms with Crippen molar-refractivity contribution in [2.45, 2.75) is 6.92 Å². The molecule has 0 unspecified atom stereocenters. The number of allylic oxidation sites excluding steroid dienone is 1. The summed E-state index contributed by atoms with van der Waals surface area (Å²) in [7, 11) is 0. The van der Waals surface area contributed by atoms with Crippen molar-refractivity contribution in [1.29, 1.82) is 10.5 Å². The lowest BCUT2D eigenvalue weighted by Gasteiger charge is -1.95. The molecule has 0 saturated heterocycles. The molecule has 0 aliphatic heterocycles. The average molecular weight is 178 g/mol. The maximum Gasteiger partial charge on any atom is 0.348 e. The summed E-state index contributed by atoms with van der Waals surface area (Å²) in [5.74, 6) is -0.639. The Labute approximate surface area is 77.3 Å². The molecule has 0 rings (SSSR count). The van der Waals surface area contributed by atoms with Crippen LogP contribution in [0.5, 0.6) is 0 Å². The molecule has 4 nitrogen and oxygen atoms in total. The second-order valence-corrected chi connectivity index (χ2v) is 1.64. The first kappa shape index (κ1) is 13.5. The van der Waals surface area contributed by atoms with E-state index in [1.54, 1.807) is 19.1 Å². The standard InChI is InChI=1S/C6H7NO2.C3H3N/c1-3-9-6(8)5(2)4-7;1-2-3-4/h2-3H2,1H3;2H,1H2. The number of nitriles is 2. The Hall–Kier alpha value is -2.07. The Kier molecular flexibility index (Phi) is 10.3. The fourth-order valence-corrected chi connectivity index (χ4v) is 0.264. The predicted octanol–water partition coefficient (Wildman–Crippen LogP) is 1.33. The summed E-state index contributed by atoms with van der Waals surface area (Å²) < 4.78 is 4.43. The number of carbonyl (C=O) groups is 1. The lowest BCUT2D eigenvalue weighted by Crippen LogP contribution is -2.04. The molecule has 0 aliphatic rings. The van der Waals surface area contributed by atoms with Crippen molar-refractivity contribution < 1.29 is 9.53 Å². The number of hydrogen-bond donors (Lipinski definition) is 0. The van der Waals surface area contributed by atoms with Crippen LogP contribution in [0.4, 0.5) is 0 Å². The van der Waals surface area contributed by atoms with Crippen LogP contribution in [-0.2, 0) is 9.53 Å². The van der Waals surface area contributed by atoms with Crippen LogP contribution in [0.25, 0.3) is 0 Å². The summed E-state index contributed by atoms with van der Waals surface area (Å²) in [6.07, 6.45) is 1.18. The smallest absolute Gasteiger partial charge is 0.348 e. The summed E-state index contributed by atoms with van der Waals surface area (Å²) in [4.78, 5) is 10.4. The average Bonchev–Trinajstić information content (AvgIpc) is 2.17. The fourth-order valence-electron chi connectivity index (χ4n) is 0.264. The van der Waals surface area contributed by atoms with Crippen LogP contribution >= 0.6 is 0 Å². The van der Waals surface area contributed by atoms with Gasteiger partial charge in [0.15, 0.2) is 0 Å². The highest BCUT2D eigenvalue weighted by molar-refractivity contribution is 5.91. The first-order valence-electron chi connectivity index (χ1n) is 3.40. The maximum atomic E-state index is 10.4. The molecule has 0 fully saturated rings. The minimum Gasteiger partial charge on any atom is -0.462 e. The van der Waals surface area contributed by atoms with Crippen LogP contribution in [0.2, 0.25) is 0 Å². The van der Waals surface area contributed by atoms with Crippen LogP contribution in [0.3, 0.4) is 0 Å². The number of hydrogen-bond acceptors (Lipinski definition) is 4. The van der Waals surface area contributed by atoms with Gasteiger partial charge in [0.25, 0.3) is 0 Å². The molecule has 0 saturated carbocycles. The molecule has 4 heteroatoms. The van der Waals surface area contributed by atoms with E-state index in [1.165, 1.54) is 6.08 Å². The zero-order chi connectivity index (χ0) is 10.7. The Bertz CT molecular complexity index is 268. The van der Waals surface area contributed by atoms with Gasteiger partial charge in [-0.15, -0.1) is 0 Å². The summed E-state index contributed by atoms with van der Waals surface area (Å²) in [5.41, 5.74) is -0.156. The minimum atomic E-state index is -0.639. The van der Waals surface area contributed by atoms with Gasteiger partial charge in [0.2, 0.25) is 0 Å². The molecule has 0 N–H and O–H groups in total. The number of carbonyl (C=O) groups excluding carboxylic acids is 1. The summed E-state index contributed by atoms with van der Waals surface area (Å²) in [5, 5.41) is 15.6. The first-order chi connectivity index (χ1) is 6.13. The number of nitrogens with zero attached hydrogens (tertiary/aromatic N) is 2. The second kappa shape index (κ2) is 9.93. The van der Waals surface area contributed by atoms with E-state index in [4.69, 9.17) is 10.5 Å². The Balaban J connectivity index is 0. The highest BCUT2D eigenvalue weighted by Gasteiger charge is 2.03. The van der Waals surface area contributed by atoms with E-state index in [2.05, 4.69) is 17.9 Å². The van der Waals surface area contributed by atoms with E-state index in [9.17, 15) is 4.79 Å². The van der Waals surface area contributed by atoms with Crippen molar-refractivity contribution in [3.63, 3.8) is 0 Å². The molecular weight excluding hydrogens is 168 g/mol. The zero-order valence-electron chi connectivity index (χ0n) is 7.41. The van der Waals surface area contributed by atoms with Crippen molar-refractivity contribution in [2.75, 3.05) is 6.61 Å². The number of esters is 1. The van der Waals surface area contributed by atoms with Crippen LogP contribution in [0.1, 0.15) is 6.92 Å². The molecular formula is C9H10N2O2. The fraction of sp³-hybridized carbons (Fsp3) is 0.222. The molecule has 0 aliphatic carbocycles. The molecule has 0 radical (unpaired) electrons. The summed E-state index contributed by atoms with van der Waals surface area (Å²) >= 11 is 0. The van der Waals surface area contributed by atoms with Crippen LogP contribution in [-0.4, -0.2) is 12.6 Å². The van der Waals surface area contributed by atoms with Gasteiger partial charge in [-0.3, -0.25) is 0 Å². The van der Waals surface area contributed by atoms with E-state index >= 15 is 0 Å². The zero-order valence-corrected chi connectivity index (χ0v) is 7.41. The minimum absolute atomic E-state index is 0.156. The topological polar surface area (TPSA) is 73.9 Å². The summed E-state index contributed by atoms with van der Waals surface area (Å²) in [6.45, 7) is 8.22. The summed E-state index contributed by atoms with van der Waals surface area (Å²) in [6, 6.07) is 3.27. The van der Waals surface area contributed by atoms with Gasteiger partial charge in [0.1, 0.15) is 11.6 Å². The molecule has 0 heterocycles. The predicted molar refractivity (Wildman–Crippen MR) is 47.2 cm³/mol. The maximum absolute atomic E-state index is 10.4. The normalized spacial score (nSPS) is 6.38. The molecule has 0 aromatic heterocycles. The van der Waals surface area contributed by atoms with Gasteiger partial charge >= 0.3 is 5.97 Å². The Morgan fingerprint density at radius 1 is 1.62 bits per heavy atom. The molecule has 0 spiro atoms. The third kappa shape index (κ3) is 9.93. The van der Waals surface area contributed by atoms with Crippen molar-refractivity contribution >= 4 is 5.97 Å². The van der Waals surface area contributed by atoms with E-state index in [-0.39, 0.29) is 12.2 Å². The quantitative estimate of drug-likeness (QED) is 0.363. The van der Waals surface area contributed by atoms with Gasteiger partial charge in [-0.2, -0.15) is 10.5 Å². The lowest BCUT2D eigenvalue weighted by atomic mass is 10.3. The monoisotopic (exact) mass is 178 g/mol. The van der Waals surface area contributed by atoms with Gasteiger partial charge in [0.05, 0.1) is 12.7 Å². The number of rotatable bonds is 2. The molecule has 0 aromatic carbocycles. The van der Waals surface area contributed by atoms with Gasteiger partial charge in [-0.1, -0.05) is 13.2 Å². The van der Waals surface area contributed by atoms with Gasteiger partial charge in [-0.05, 0) is 6.92 Å². The molecule has 0 aromatic rings. The highest BCUT2D eigenvalue weighted by atomic mass is 16.5. The molecule has 0 bridgehead atoms. The lowest BCUT2D eigenvalue weighted by molar-refractivity contribution is -0.137.